The van der Waals surface area contributed by atoms with E-state index in [1.165, 1.54) is 0 Å². The lowest BCUT2D eigenvalue weighted by molar-refractivity contribution is 0.0420. The minimum atomic E-state index is 0. The molecule has 1 fully saturated rings. The number of aliphatic imine (C=N–C) groups is 1. The third kappa shape index (κ3) is 7.23. The zero-order valence-electron chi connectivity index (χ0n) is 15.9. The quantitative estimate of drug-likeness (QED) is 0.243. The predicted molar refractivity (Wildman–Crippen MR) is 122 cm³/mol. The third-order valence-corrected chi connectivity index (χ3v) is 4.52. The van der Waals surface area contributed by atoms with Crippen LogP contribution in [0.5, 0.6) is 0 Å². The highest BCUT2D eigenvalue weighted by atomic mass is 127. The Labute approximate surface area is 187 Å². The van der Waals surface area contributed by atoms with Crippen LogP contribution in [0.4, 0.5) is 0 Å². The van der Waals surface area contributed by atoms with Gasteiger partial charge in [0, 0.05) is 50.1 Å². The molecule has 0 bridgehead atoms. The smallest absolute Gasteiger partial charge is 0.191 e. The Morgan fingerprint density at radius 3 is 2.89 bits per heavy atom. The van der Waals surface area contributed by atoms with E-state index < -0.39 is 0 Å². The van der Waals surface area contributed by atoms with Crippen molar-refractivity contribution in [1.82, 2.24) is 20.4 Å². The number of guanidine groups is 1. The maximum absolute atomic E-state index is 5.93. The van der Waals surface area contributed by atoms with Crippen molar-refractivity contribution in [2.75, 3.05) is 33.4 Å². The topological polar surface area (TPSA) is 72.7 Å². The van der Waals surface area contributed by atoms with Crippen LogP contribution in [0.2, 0.25) is 5.02 Å². The summed E-state index contributed by atoms with van der Waals surface area (Å²) in [5, 5.41) is 11.7. The molecule has 2 N–H and O–H groups in total. The van der Waals surface area contributed by atoms with Crippen LogP contribution in [0, 0.1) is 0 Å². The molecule has 1 aromatic carbocycles. The molecule has 1 atom stereocenters. The second kappa shape index (κ2) is 12.3. The average molecular weight is 520 g/mol. The lowest BCUT2D eigenvalue weighted by atomic mass is 10.3. The van der Waals surface area contributed by atoms with Gasteiger partial charge in [-0.1, -0.05) is 11.6 Å². The fourth-order valence-electron chi connectivity index (χ4n) is 2.77. The highest BCUT2D eigenvalue weighted by Crippen LogP contribution is 2.13. The number of nitrogens with one attached hydrogen (secondary N) is 2. The largest absolute Gasteiger partial charge is 0.379 e. The van der Waals surface area contributed by atoms with E-state index in [4.69, 9.17) is 21.1 Å². The van der Waals surface area contributed by atoms with Crippen LogP contribution < -0.4 is 10.6 Å². The molecule has 2 heterocycles. The van der Waals surface area contributed by atoms with Gasteiger partial charge in [-0.3, -0.25) is 4.99 Å². The molecule has 1 aliphatic heterocycles. The van der Waals surface area contributed by atoms with Crippen molar-refractivity contribution in [1.29, 1.82) is 0 Å². The molecule has 0 aliphatic carbocycles. The lowest BCUT2D eigenvalue weighted by Crippen LogP contribution is -2.37. The summed E-state index contributed by atoms with van der Waals surface area (Å²) in [5.41, 5.74) is 2.04. The van der Waals surface area contributed by atoms with Crippen LogP contribution in [0.1, 0.15) is 18.4 Å². The number of halogens is 2. The van der Waals surface area contributed by atoms with E-state index in [0.717, 1.165) is 56.4 Å². The first kappa shape index (κ1) is 22.9. The zero-order chi connectivity index (χ0) is 18.9. The highest BCUT2D eigenvalue weighted by Gasteiger charge is 2.15. The summed E-state index contributed by atoms with van der Waals surface area (Å²) >= 11 is 5.93. The number of nitrogens with zero attached hydrogens (tertiary/aromatic N) is 3. The van der Waals surface area contributed by atoms with Crippen LogP contribution >= 0.6 is 35.6 Å². The Balaban J connectivity index is 0.00000280. The molecule has 154 valence electrons. The molecule has 7 nitrogen and oxygen atoms in total. The third-order valence-electron chi connectivity index (χ3n) is 4.27. The first-order valence-corrected chi connectivity index (χ1v) is 9.56. The fourth-order valence-corrected chi connectivity index (χ4v) is 2.89. The predicted octanol–water partition coefficient (Wildman–Crippen LogP) is 3.00. The number of hydrogen-bond acceptors (Lipinski definition) is 4. The summed E-state index contributed by atoms with van der Waals surface area (Å²) < 4.78 is 12.9. The number of benzene rings is 1. The van der Waals surface area contributed by atoms with E-state index in [2.05, 4.69) is 20.7 Å². The molecular formula is C19H27ClIN5O2. The Bertz CT molecular complexity index is 732. The van der Waals surface area contributed by atoms with Crippen LogP contribution in [-0.4, -0.2) is 55.3 Å². The minimum Gasteiger partial charge on any atom is -0.379 e. The van der Waals surface area contributed by atoms with Crippen LogP contribution in [0.25, 0.3) is 5.69 Å². The molecule has 0 saturated carbocycles. The SMILES string of the molecule is CN=C(NCCCOC1CCOC1)NCc1cnn(-c2ccc(Cl)cc2)c1.I. The van der Waals surface area contributed by atoms with Crippen molar-refractivity contribution in [3.8, 4) is 5.69 Å². The van der Waals surface area contributed by atoms with Gasteiger partial charge in [0.05, 0.1) is 24.6 Å². The molecule has 1 saturated heterocycles. The van der Waals surface area contributed by atoms with E-state index in [-0.39, 0.29) is 30.1 Å². The lowest BCUT2D eigenvalue weighted by Gasteiger charge is -2.12. The summed E-state index contributed by atoms with van der Waals surface area (Å²) in [6, 6.07) is 7.58. The van der Waals surface area contributed by atoms with E-state index in [1.807, 2.05) is 41.3 Å². The normalized spacial score (nSPS) is 16.6. The van der Waals surface area contributed by atoms with Crippen molar-refractivity contribution < 1.29 is 9.47 Å². The summed E-state index contributed by atoms with van der Waals surface area (Å²) in [6.07, 6.45) is 6.01. The minimum absolute atomic E-state index is 0. The van der Waals surface area contributed by atoms with E-state index in [1.54, 1.807) is 7.05 Å². The van der Waals surface area contributed by atoms with Crippen molar-refractivity contribution in [2.45, 2.75) is 25.5 Å². The highest BCUT2D eigenvalue weighted by molar-refractivity contribution is 14.0. The first-order chi connectivity index (χ1) is 13.2. The number of aromatic nitrogens is 2. The van der Waals surface area contributed by atoms with Gasteiger partial charge in [0.15, 0.2) is 5.96 Å². The second-order valence-electron chi connectivity index (χ2n) is 6.33. The van der Waals surface area contributed by atoms with Gasteiger partial charge in [0.1, 0.15) is 0 Å². The zero-order valence-corrected chi connectivity index (χ0v) is 19.0. The monoisotopic (exact) mass is 519 g/mol. The van der Waals surface area contributed by atoms with Crippen molar-refractivity contribution in [3.63, 3.8) is 0 Å². The van der Waals surface area contributed by atoms with E-state index >= 15 is 0 Å². The molecule has 0 spiro atoms. The van der Waals surface area contributed by atoms with Crippen LogP contribution in [-0.2, 0) is 16.0 Å². The molecule has 1 aliphatic rings. The van der Waals surface area contributed by atoms with Gasteiger partial charge >= 0.3 is 0 Å². The fraction of sp³-hybridized carbons (Fsp3) is 0.474. The number of ether oxygens (including phenoxy) is 2. The van der Waals surface area contributed by atoms with Gasteiger partial charge in [-0.05, 0) is 37.1 Å². The van der Waals surface area contributed by atoms with E-state index in [0.29, 0.717) is 11.6 Å². The molecule has 28 heavy (non-hydrogen) atoms. The summed E-state index contributed by atoms with van der Waals surface area (Å²) in [5.74, 6) is 0.762. The van der Waals surface area contributed by atoms with E-state index in [9.17, 15) is 0 Å². The van der Waals surface area contributed by atoms with Crippen LogP contribution in [0.15, 0.2) is 41.7 Å². The number of rotatable bonds is 8. The van der Waals surface area contributed by atoms with Crippen LogP contribution in [0.3, 0.4) is 0 Å². The molecule has 3 rings (SSSR count). The van der Waals surface area contributed by atoms with Gasteiger partial charge in [0.2, 0.25) is 0 Å². The van der Waals surface area contributed by atoms with Crippen molar-refractivity contribution in [3.05, 3.63) is 47.2 Å². The van der Waals surface area contributed by atoms with Gasteiger partial charge in [-0.15, -0.1) is 24.0 Å². The standard InChI is InChI=1S/C19H26ClN5O2.HI/c1-21-19(22-8-2-9-27-18-7-10-26-14-18)23-11-15-12-24-25(13-15)17-5-3-16(20)4-6-17;/h3-6,12-13,18H,2,7-11,14H2,1H3,(H2,21,22,23);1H. The molecule has 1 unspecified atom stereocenters. The molecule has 1 aromatic heterocycles. The summed E-state index contributed by atoms with van der Waals surface area (Å²) in [7, 11) is 1.76. The maximum atomic E-state index is 5.93. The Kier molecular flexibility index (Phi) is 10.0. The Morgan fingerprint density at radius 1 is 1.36 bits per heavy atom. The van der Waals surface area contributed by atoms with Gasteiger partial charge in [-0.2, -0.15) is 5.10 Å². The summed E-state index contributed by atoms with van der Waals surface area (Å²) in [6.45, 7) is 3.71. The van der Waals surface area contributed by atoms with Crippen molar-refractivity contribution >= 4 is 41.5 Å². The molecule has 2 aromatic rings. The second-order valence-corrected chi connectivity index (χ2v) is 6.77. The number of hydrogen-bond donors (Lipinski definition) is 2. The molecule has 0 radical (unpaired) electrons. The van der Waals surface area contributed by atoms with Gasteiger partial charge in [0.25, 0.3) is 0 Å². The average Bonchev–Trinajstić information content (AvgIpc) is 3.36. The Morgan fingerprint density at radius 2 is 2.18 bits per heavy atom. The van der Waals surface area contributed by atoms with Gasteiger partial charge in [-0.25, -0.2) is 4.68 Å². The maximum Gasteiger partial charge on any atom is 0.191 e. The first-order valence-electron chi connectivity index (χ1n) is 9.18. The molecular weight excluding hydrogens is 493 g/mol. The van der Waals surface area contributed by atoms with Gasteiger partial charge < -0.3 is 20.1 Å². The molecule has 9 heteroatoms. The summed E-state index contributed by atoms with van der Waals surface area (Å²) in [4.78, 5) is 4.24. The van der Waals surface area contributed by atoms with Crippen molar-refractivity contribution in [2.24, 2.45) is 4.99 Å². The Hall–Kier alpha value is -1.36. The molecule has 0 amide bonds.